The number of carbonyl (C=O) groups is 2. The summed E-state index contributed by atoms with van der Waals surface area (Å²) in [5.74, 6) is 0.231. The quantitative estimate of drug-likeness (QED) is 0.220. The number of esters is 1. The molecule has 1 amide bonds. The topological polar surface area (TPSA) is 106 Å². The maximum absolute atomic E-state index is 12.4. The molecule has 0 aliphatic heterocycles. The third-order valence-corrected chi connectivity index (χ3v) is 4.93. The molecule has 4 rings (SSSR count). The highest BCUT2D eigenvalue weighted by Crippen LogP contribution is 2.24. The second-order valence-corrected chi connectivity index (χ2v) is 7.65. The zero-order valence-electron chi connectivity index (χ0n) is 19.2. The number of hydrogen-bond donors (Lipinski definition) is 2. The molecule has 4 aromatic rings. The van der Waals surface area contributed by atoms with E-state index >= 15 is 0 Å². The number of carbonyl (C=O) groups excluding carboxylic acids is 2. The van der Waals surface area contributed by atoms with E-state index < -0.39 is 0 Å². The number of ether oxygens (including phenoxy) is 1. The van der Waals surface area contributed by atoms with E-state index in [1.807, 2.05) is 43.3 Å². The lowest BCUT2D eigenvalue weighted by Gasteiger charge is -2.11. The van der Waals surface area contributed by atoms with Gasteiger partial charge >= 0.3 is 5.97 Å². The number of nitrogens with one attached hydrogen (secondary N) is 2. The minimum atomic E-state index is -0.382. The summed E-state index contributed by atoms with van der Waals surface area (Å²) in [4.78, 5) is 36.4. The molecule has 174 valence electrons. The van der Waals surface area contributed by atoms with E-state index in [0.29, 0.717) is 17.4 Å². The monoisotopic (exact) mass is 465 g/mol. The Morgan fingerprint density at radius 2 is 1.83 bits per heavy atom. The molecular formula is C27H23N5O3. The van der Waals surface area contributed by atoms with Crippen molar-refractivity contribution in [2.24, 2.45) is 0 Å². The Morgan fingerprint density at radius 1 is 1.00 bits per heavy atom. The first-order chi connectivity index (χ1) is 17.0. The van der Waals surface area contributed by atoms with Crippen LogP contribution in [-0.2, 0) is 9.59 Å². The molecule has 2 heterocycles. The van der Waals surface area contributed by atoms with Gasteiger partial charge in [-0.15, -0.1) is 0 Å². The van der Waals surface area contributed by atoms with E-state index in [4.69, 9.17) is 4.74 Å². The van der Waals surface area contributed by atoms with Crippen molar-refractivity contribution in [1.82, 2.24) is 15.0 Å². The van der Waals surface area contributed by atoms with Crippen molar-refractivity contribution >= 4 is 35.3 Å². The van der Waals surface area contributed by atoms with Crippen LogP contribution in [0.5, 0.6) is 5.75 Å². The molecule has 0 saturated heterocycles. The number of nitrogens with zero attached hydrogens (tertiary/aromatic N) is 3. The first kappa shape index (κ1) is 23.3. The molecule has 0 atom stereocenters. The van der Waals surface area contributed by atoms with E-state index in [9.17, 15) is 9.59 Å². The second kappa shape index (κ2) is 10.8. The molecule has 0 unspecified atom stereocenters. The van der Waals surface area contributed by atoms with Gasteiger partial charge in [0.15, 0.2) is 0 Å². The number of amides is 1. The van der Waals surface area contributed by atoms with Crippen LogP contribution >= 0.6 is 0 Å². The normalized spacial score (nSPS) is 10.7. The smallest absolute Gasteiger partial charge is 0.308 e. The minimum Gasteiger partial charge on any atom is -0.427 e. The van der Waals surface area contributed by atoms with Crippen LogP contribution in [0.1, 0.15) is 18.1 Å². The molecule has 0 saturated carbocycles. The summed E-state index contributed by atoms with van der Waals surface area (Å²) >= 11 is 0. The Labute approximate surface area is 202 Å². The largest absolute Gasteiger partial charge is 0.427 e. The van der Waals surface area contributed by atoms with Crippen LogP contribution in [0.3, 0.4) is 0 Å². The number of pyridine rings is 1. The lowest BCUT2D eigenvalue weighted by Crippen LogP contribution is -2.08. The van der Waals surface area contributed by atoms with Gasteiger partial charge in [0.1, 0.15) is 5.75 Å². The van der Waals surface area contributed by atoms with E-state index in [-0.39, 0.29) is 11.9 Å². The summed E-state index contributed by atoms with van der Waals surface area (Å²) in [6.07, 6.45) is 8.26. The lowest BCUT2D eigenvalue weighted by atomic mass is 10.1. The number of rotatable bonds is 7. The fourth-order valence-corrected chi connectivity index (χ4v) is 3.22. The number of aryl methyl sites for hydroxylation is 1. The third kappa shape index (κ3) is 6.58. The Balaban J connectivity index is 1.42. The zero-order chi connectivity index (χ0) is 24.6. The highest BCUT2D eigenvalue weighted by Gasteiger charge is 2.07. The van der Waals surface area contributed by atoms with E-state index in [1.165, 1.54) is 13.0 Å². The molecule has 0 spiro atoms. The first-order valence-corrected chi connectivity index (χ1v) is 10.8. The van der Waals surface area contributed by atoms with Gasteiger partial charge in [-0.3, -0.25) is 14.6 Å². The predicted molar refractivity (Wildman–Crippen MR) is 135 cm³/mol. The van der Waals surface area contributed by atoms with Crippen LogP contribution < -0.4 is 15.4 Å². The number of benzene rings is 2. The number of anilines is 3. The van der Waals surface area contributed by atoms with Crippen molar-refractivity contribution in [3.63, 3.8) is 0 Å². The van der Waals surface area contributed by atoms with Crippen molar-refractivity contribution in [2.45, 2.75) is 13.8 Å². The molecule has 35 heavy (non-hydrogen) atoms. The molecular weight excluding hydrogens is 442 g/mol. The van der Waals surface area contributed by atoms with Crippen molar-refractivity contribution in [3.8, 4) is 17.0 Å². The van der Waals surface area contributed by atoms with E-state index in [2.05, 4.69) is 25.6 Å². The lowest BCUT2D eigenvalue weighted by molar-refractivity contribution is -0.131. The van der Waals surface area contributed by atoms with Gasteiger partial charge in [-0.05, 0) is 66.6 Å². The Bertz CT molecular complexity index is 1370. The molecule has 0 radical (unpaired) electrons. The van der Waals surface area contributed by atoms with Gasteiger partial charge in [0.05, 0.1) is 5.69 Å². The first-order valence-electron chi connectivity index (χ1n) is 10.8. The van der Waals surface area contributed by atoms with E-state index in [1.54, 1.807) is 48.9 Å². The average Bonchev–Trinajstić information content (AvgIpc) is 2.86. The molecule has 8 heteroatoms. The van der Waals surface area contributed by atoms with Crippen LogP contribution in [0.25, 0.3) is 17.3 Å². The van der Waals surface area contributed by atoms with Crippen LogP contribution in [0.4, 0.5) is 17.3 Å². The fourth-order valence-electron chi connectivity index (χ4n) is 3.22. The fraction of sp³-hybridized carbons (Fsp3) is 0.0741. The van der Waals surface area contributed by atoms with Crippen molar-refractivity contribution in [3.05, 3.63) is 96.5 Å². The maximum atomic E-state index is 12.4. The highest BCUT2D eigenvalue weighted by molar-refractivity contribution is 6.02. The molecule has 2 aromatic carbocycles. The zero-order valence-corrected chi connectivity index (χ0v) is 19.2. The molecule has 2 aromatic heterocycles. The van der Waals surface area contributed by atoms with Gasteiger partial charge in [0.2, 0.25) is 11.9 Å². The summed E-state index contributed by atoms with van der Waals surface area (Å²) in [6.45, 7) is 3.30. The summed E-state index contributed by atoms with van der Waals surface area (Å²) < 4.78 is 5.01. The van der Waals surface area contributed by atoms with Crippen molar-refractivity contribution in [1.29, 1.82) is 0 Å². The van der Waals surface area contributed by atoms with Crippen LogP contribution in [0, 0.1) is 6.92 Å². The standard InChI is InChI=1S/C27H23N5O3/c1-18-5-9-22(30-26(34)12-8-20-6-10-23(11-7-20)35-19(2)33)16-25(18)32-27-29-15-13-24(31-27)21-4-3-14-28-17-21/h3-17H,1-2H3,(H,30,34)(H,29,31,32)/b12-8+. The molecule has 0 bridgehead atoms. The Morgan fingerprint density at radius 3 is 2.57 bits per heavy atom. The predicted octanol–water partition coefficient (Wildman–Crippen LogP) is 5.17. The van der Waals surface area contributed by atoms with Gasteiger partial charge in [-0.1, -0.05) is 18.2 Å². The molecule has 2 N–H and O–H groups in total. The number of aromatic nitrogens is 3. The highest BCUT2D eigenvalue weighted by atomic mass is 16.5. The van der Waals surface area contributed by atoms with Crippen LogP contribution in [0.2, 0.25) is 0 Å². The SMILES string of the molecule is CC(=O)Oc1ccc(/C=C/C(=O)Nc2ccc(C)c(Nc3nccc(-c4cccnc4)n3)c2)cc1. The van der Waals surface area contributed by atoms with Crippen molar-refractivity contribution in [2.75, 3.05) is 10.6 Å². The van der Waals surface area contributed by atoms with Gasteiger partial charge in [0, 0.05) is 48.5 Å². The second-order valence-electron chi connectivity index (χ2n) is 7.65. The average molecular weight is 466 g/mol. The summed E-state index contributed by atoms with van der Waals surface area (Å²) in [5.41, 5.74) is 4.82. The van der Waals surface area contributed by atoms with Crippen LogP contribution in [-0.4, -0.2) is 26.8 Å². The van der Waals surface area contributed by atoms with Gasteiger partial charge in [-0.2, -0.15) is 0 Å². The molecule has 0 aliphatic rings. The molecule has 0 aliphatic carbocycles. The Hall–Kier alpha value is -4.85. The van der Waals surface area contributed by atoms with E-state index in [0.717, 1.165) is 28.1 Å². The van der Waals surface area contributed by atoms with Crippen LogP contribution in [0.15, 0.2) is 85.3 Å². The molecule has 8 nitrogen and oxygen atoms in total. The third-order valence-electron chi connectivity index (χ3n) is 4.93. The Kier molecular flexibility index (Phi) is 7.22. The van der Waals surface area contributed by atoms with Gasteiger partial charge in [-0.25, -0.2) is 9.97 Å². The minimum absolute atomic E-state index is 0.279. The van der Waals surface area contributed by atoms with Gasteiger partial charge < -0.3 is 15.4 Å². The summed E-state index contributed by atoms with van der Waals surface area (Å²) in [6, 6.07) is 18.0. The van der Waals surface area contributed by atoms with Crippen molar-refractivity contribution < 1.29 is 14.3 Å². The molecule has 0 fully saturated rings. The summed E-state index contributed by atoms with van der Waals surface area (Å²) in [5, 5.41) is 6.08. The summed E-state index contributed by atoms with van der Waals surface area (Å²) in [7, 11) is 0. The van der Waals surface area contributed by atoms with Gasteiger partial charge in [0.25, 0.3) is 0 Å². The number of hydrogen-bond acceptors (Lipinski definition) is 7. The maximum Gasteiger partial charge on any atom is 0.308 e.